The molecule has 0 saturated carbocycles. The zero-order chi connectivity index (χ0) is 16.6. The first-order valence-electron chi connectivity index (χ1n) is 8.98. The molecule has 3 heterocycles. The third kappa shape index (κ3) is 2.37. The number of anilines is 1. The van der Waals surface area contributed by atoms with Gasteiger partial charge in [0.05, 0.1) is 6.20 Å². The minimum Gasteiger partial charge on any atom is -0.356 e. The molecule has 0 radical (unpaired) electrons. The fraction of sp³-hybridized carbons (Fsp3) is 0.238. The summed E-state index contributed by atoms with van der Waals surface area (Å²) < 4.78 is 2.00. The van der Waals surface area contributed by atoms with Crippen molar-refractivity contribution in [3.8, 4) is 11.1 Å². The minimum absolute atomic E-state index is 0.930. The quantitative estimate of drug-likeness (QED) is 0.542. The molecule has 1 saturated heterocycles. The predicted molar refractivity (Wildman–Crippen MR) is 102 cm³/mol. The molecule has 4 heteroatoms. The average molecular weight is 328 g/mol. The van der Waals surface area contributed by atoms with Crippen molar-refractivity contribution in [1.82, 2.24) is 14.6 Å². The highest BCUT2D eigenvalue weighted by molar-refractivity contribution is 5.99. The van der Waals surface area contributed by atoms with Gasteiger partial charge in [0.15, 0.2) is 5.65 Å². The van der Waals surface area contributed by atoms with E-state index in [2.05, 4.69) is 63.5 Å². The van der Waals surface area contributed by atoms with Crippen LogP contribution in [0.4, 0.5) is 5.82 Å². The lowest BCUT2D eigenvalue weighted by Crippen LogP contribution is -2.31. The van der Waals surface area contributed by atoms with E-state index in [1.54, 1.807) is 0 Å². The smallest absolute Gasteiger partial charge is 0.165 e. The van der Waals surface area contributed by atoms with Crippen molar-refractivity contribution in [2.24, 2.45) is 0 Å². The Labute approximate surface area is 146 Å². The van der Waals surface area contributed by atoms with E-state index in [4.69, 9.17) is 0 Å². The summed E-state index contributed by atoms with van der Waals surface area (Å²) >= 11 is 0. The molecule has 0 aliphatic carbocycles. The van der Waals surface area contributed by atoms with E-state index in [-0.39, 0.29) is 0 Å². The van der Waals surface area contributed by atoms with E-state index in [0.29, 0.717) is 0 Å². The van der Waals surface area contributed by atoms with Gasteiger partial charge >= 0.3 is 0 Å². The van der Waals surface area contributed by atoms with E-state index in [1.165, 1.54) is 35.6 Å². The summed E-state index contributed by atoms with van der Waals surface area (Å²) in [4.78, 5) is 7.08. The lowest BCUT2D eigenvalue weighted by atomic mass is 10.0. The van der Waals surface area contributed by atoms with Crippen LogP contribution in [-0.4, -0.2) is 27.7 Å². The van der Waals surface area contributed by atoms with Crippen molar-refractivity contribution in [3.63, 3.8) is 0 Å². The SMILES string of the molecule is c1ccc2c(-c3cnn4c(N5CCCCC5)ccnc34)cccc2c1. The van der Waals surface area contributed by atoms with Crippen molar-refractivity contribution in [2.75, 3.05) is 18.0 Å². The van der Waals surface area contributed by atoms with Crippen molar-refractivity contribution >= 4 is 22.2 Å². The molecule has 0 N–H and O–H groups in total. The topological polar surface area (TPSA) is 33.4 Å². The molecule has 124 valence electrons. The van der Waals surface area contributed by atoms with Crippen LogP contribution in [0.25, 0.3) is 27.5 Å². The Hall–Kier alpha value is -2.88. The van der Waals surface area contributed by atoms with Gasteiger partial charge in [-0.25, -0.2) is 4.98 Å². The van der Waals surface area contributed by atoms with Crippen molar-refractivity contribution in [1.29, 1.82) is 0 Å². The first kappa shape index (κ1) is 14.5. The van der Waals surface area contributed by atoms with Crippen molar-refractivity contribution < 1.29 is 0 Å². The van der Waals surface area contributed by atoms with Crippen LogP contribution in [-0.2, 0) is 0 Å². The number of piperidine rings is 1. The molecular weight excluding hydrogens is 308 g/mol. The summed E-state index contributed by atoms with van der Waals surface area (Å²) in [6, 6.07) is 17.0. The fourth-order valence-electron chi connectivity index (χ4n) is 3.89. The Morgan fingerprint density at radius 3 is 2.56 bits per heavy atom. The summed E-state index contributed by atoms with van der Waals surface area (Å²) in [6.07, 6.45) is 7.70. The maximum absolute atomic E-state index is 4.69. The van der Waals surface area contributed by atoms with Gasteiger partial charge in [-0.05, 0) is 41.7 Å². The van der Waals surface area contributed by atoms with Crippen molar-refractivity contribution in [3.05, 3.63) is 60.9 Å². The van der Waals surface area contributed by atoms with Gasteiger partial charge in [-0.1, -0.05) is 42.5 Å². The molecule has 0 amide bonds. The maximum atomic E-state index is 4.69. The minimum atomic E-state index is 0.930. The van der Waals surface area contributed by atoms with Crippen LogP contribution in [0, 0.1) is 0 Å². The fourth-order valence-corrected chi connectivity index (χ4v) is 3.89. The summed E-state index contributed by atoms with van der Waals surface area (Å²) in [6.45, 7) is 2.20. The van der Waals surface area contributed by atoms with E-state index < -0.39 is 0 Å². The standard InChI is InChI=1S/C21H20N4/c1-4-13-24(14-5-1)20-11-12-22-21-19(15-23-25(20)21)18-10-6-8-16-7-2-3-9-17(16)18/h2-3,6-12,15H,1,4-5,13-14H2. The van der Waals surface area contributed by atoms with Gasteiger partial charge in [-0.15, -0.1) is 0 Å². The Morgan fingerprint density at radius 1 is 0.800 bits per heavy atom. The van der Waals surface area contributed by atoms with E-state index in [1.807, 2.05) is 16.9 Å². The predicted octanol–water partition coefficient (Wildman–Crippen LogP) is 4.54. The maximum Gasteiger partial charge on any atom is 0.165 e. The van der Waals surface area contributed by atoms with Gasteiger partial charge in [0, 0.05) is 24.8 Å². The number of hydrogen-bond donors (Lipinski definition) is 0. The third-order valence-corrected chi connectivity index (χ3v) is 5.14. The lowest BCUT2D eigenvalue weighted by molar-refractivity contribution is 0.568. The Balaban J connectivity index is 1.70. The molecule has 0 atom stereocenters. The van der Waals surface area contributed by atoms with Gasteiger partial charge in [-0.2, -0.15) is 9.61 Å². The number of rotatable bonds is 2. The molecule has 4 nitrogen and oxygen atoms in total. The van der Waals surface area contributed by atoms with Crippen LogP contribution in [0.5, 0.6) is 0 Å². The molecule has 2 aromatic heterocycles. The van der Waals surface area contributed by atoms with Gasteiger partial charge in [0.25, 0.3) is 0 Å². The summed E-state index contributed by atoms with van der Waals surface area (Å²) in [5.74, 6) is 1.15. The highest BCUT2D eigenvalue weighted by atomic mass is 15.3. The second-order valence-corrected chi connectivity index (χ2v) is 6.67. The molecule has 1 fully saturated rings. The lowest BCUT2D eigenvalue weighted by Gasteiger charge is -2.28. The highest BCUT2D eigenvalue weighted by Crippen LogP contribution is 2.32. The second kappa shape index (κ2) is 5.88. The third-order valence-electron chi connectivity index (χ3n) is 5.14. The van der Waals surface area contributed by atoms with Gasteiger partial charge in [-0.3, -0.25) is 0 Å². The molecule has 2 aromatic carbocycles. The first-order chi connectivity index (χ1) is 12.4. The molecular formula is C21H20N4. The Bertz CT molecular complexity index is 1040. The Morgan fingerprint density at radius 2 is 1.64 bits per heavy atom. The molecule has 0 spiro atoms. The summed E-state index contributed by atoms with van der Waals surface area (Å²) in [7, 11) is 0. The molecule has 0 unspecified atom stereocenters. The number of fused-ring (bicyclic) bond motifs is 2. The number of nitrogens with zero attached hydrogens (tertiary/aromatic N) is 4. The number of benzene rings is 2. The van der Waals surface area contributed by atoms with Gasteiger partial charge in [0.1, 0.15) is 5.82 Å². The van der Waals surface area contributed by atoms with E-state index in [0.717, 1.165) is 30.1 Å². The second-order valence-electron chi connectivity index (χ2n) is 6.67. The van der Waals surface area contributed by atoms with Crippen LogP contribution >= 0.6 is 0 Å². The highest BCUT2D eigenvalue weighted by Gasteiger charge is 2.17. The van der Waals surface area contributed by atoms with Crippen LogP contribution in [0.1, 0.15) is 19.3 Å². The van der Waals surface area contributed by atoms with Crippen LogP contribution in [0.3, 0.4) is 0 Å². The molecule has 25 heavy (non-hydrogen) atoms. The zero-order valence-corrected chi connectivity index (χ0v) is 14.1. The summed E-state index contributed by atoms with van der Waals surface area (Å²) in [5.41, 5.74) is 3.21. The monoisotopic (exact) mass is 328 g/mol. The van der Waals surface area contributed by atoms with Crippen LogP contribution in [0.2, 0.25) is 0 Å². The summed E-state index contributed by atoms with van der Waals surface area (Å²) in [5, 5.41) is 7.17. The van der Waals surface area contributed by atoms with Crippen molar-refractivity contribution in [2.45, 2.75) is 19.3 Å². The average Bonchev–Trinajstić information content (AvgIpc) is 3.12. The number of hydrogen-bond acceptors (Lipinski definition) is 3. The van der Waals surface area contributed by atoms with E-state index >= 15 is 0 Å². The normalized spacial score (nSPS) is 15.1. The van der Waals surface area contributed by atoms with Crippen LogP contribution in [0.15, 0.2) is 60.9 Å². The molecule has 0 bridgehead atoms. The molecule has 5 rings (SSSR count). The van der Waals surface area contributed by atoms with Crippen LogP contribution < -0.4 is 4.90 Å². The molecule has 4 aromatic rings. The Kier molecular flexibility index (Phi) is 3.40. The van der Waals surface area contributed by atoms with Gasteiger partial charge in [0.2, 0.25) is 0 Å². The van der Waals surface area contributed by atoms with E-state index in [9.17, 15) is 0 Å². The molecule has 1 aliphatic rings. The first-order valence-corrected chi connectivity index (χ1v) is 8.98. The number of aromatic nitrogens is 3. The largest absolute Gasteiger partial charge is 0.356 e. The zero-order valence-electron chi connectivity index (χ0n) is 14.1. The van der Waals surface area contributed by atoms with Gasteiger partial charge < -0.3 is 4.90 Å². The molecule has 1 aliphatic heterocycles.